The fourth-order valence-corrected chi connectivity index (χ4v) is 2.68. The minimum atomic E-state index is -1.10. The zero-order chi connectivity index (χ0) is 20.6. The van der Waals surface area contributed by atoms with Gasteiger partial charge in [-0.3, -0.25) is 9.59 Å². The van der Waals surface area contributed by atoms with Crippen molar-refractivity contribution in [2.45, 2.75) is 58.7 Å². The second-order valence-corrected chi connectivity index (χ2v) is 7.24. The number of benzene rings is 1. The molecule has 27 heavy (non-hydrogen) atoms. The minimum Gasteiger partial charge on any atom is -0.480 e. The van der Waals surface area contributed by atoms with E-state index in [1.54, 1.807) is 13.8 Å². The van der Waals surface area contributed by atoms with Crippen molar-refractivity contribution in [2.24, 2.45) is 17.6 Å². The molecule has 0 saturated carbocycles. The summed E-state index contributed by atoms with van der Waals surface area (Å²) in [5, 5.41) is 14.5. The van der Waals surface area contributed by atoms with Gasteiger partial charge in [-0.05, 0) is 23.8 Å². The molecule has 1 aromatic rings. The molecule has 0 aliphatic heterocycles. The zero-order valence-electron chi connectivity index (χ0n) is 16.4. The van der Waals surface area contributed by atoms with E-state index in [1.165, 1.54) is 0 Å². The highest BCUT2D eigenvalue weighted by Crippen LogP contribution is 2.11. The van der Waals surface area contributed by atoms with Crippen LogP contribution in [0.25, 0.3) is 0 Å². The molecular weight excluding hydrogens is 346 g/mol. The maximum absolute atomic E-state index is 12.6. The Morgan fingerprint density at radius 3 is 2.04 bits per heavy atom. The van der Waals surface area contributed by atoms with Gasteiger partial charge in [-0.15, -0.1) is 0 Å². The van der Waals surface area contributed by atoms with E-state index in [0.717, 1.165) is 5.56 Å². The maximum atomic E-state index is 12.6. The van der Waals surface area contributed by atoms with Gasteiger partial charge in [0.15, 0.2) is 0 Å². The van der Waals surface area contributed by atoms with Crippen molar-refractivity contribution in [2.75, 3.05) is 0 Å². The molecule has 0 spiro atoms. The maximum Gasteiger partial charge on any atom is 0.326 e. The number of nitrogens with two attached hydrogens (primary N) is 1. The van der Waals surface area contributed by atoms with Crippen molar-refractivity contribution in [3.63, 3.8) is 0 Å². The molecule has 7 nitrogen and oxygen atoms in total. The Bertz CT molecular complexity index is 633. The molecule has 4 unspecified atom stereocenters. The first-order valence-electron chi connectivity index (χ1n) is 9.30. The standard InChI is InChI=1S/C20H31N3O4/c1-5-13(4)17(19(25)22-16(12(2)3)20(26)27)23-18(24)15(21)11-14-9-7-6-8-10-14/h6-10,12-13,15-17H,5,11,21H2,1-4H3,(H,22,25)(H,23,24)(H,26,27). The van der Waals surface area contributed by atoms with E-state index in [9.17, 15) is 19.5 Å². The van der Waals surface area contributed by atoms with Gasteiger partial charge in [0.25, 0.3) is 0 Å². The van der Waals surface area contributed by atoms with Crippen LogP contribution in [0, 0.1) is 11.8 Å². The molecule has 7 heteroatoms. The first kappa shape index (κ1) is 22.6. The van der Waals surface area contributed by atoms with Crippen molar-refractivity contribution in [3.8, 4) is 0 Å². The quantitative estimate of drug-likeness (QED) is 0.490. The van der Waals surface area contributed by atoms with Crippen molar-refractivity contribution in [1.29, 1.82) is 0 Å². The Morgan fingerprint density at radius 1 is 1.00 bits per heavy atom. The summed E-state index contributed by atoms with van der Waals surface area (Å²) in [5.41, 5.74) is 6.93. The van der Waals surface area contributed by atoms with Gasteiger partial charge in [-0.25, -0.2) is 4.79 Å². The molecule has 1 rings (SSSR count). The van der Waals surface area contributed by atoms with E-state index in [0.29, 0.717) is 12.8 Å². The Morgan fingerprint density at radius 2 is 1.56 bits per heavy atom. The summed E-state index contributed by atoms with van der Waals surface area (Å²) in [5.74, 6) is -2.49. The number of carbonyl (C=O) groups excluding carboxylic acids is 2. The van der Waals surface area contributed by atoms with Gasteiger partial charge in [0.1, 0.15) is 12.1 Å². The lowest BCUT2D eigenvalue weighted by atomic mass is 9.96. The van der Waals surface area contributed by atoms with Crippen LogP contribution in [-0.2, 0) is 20.8 Å². The molecule has 0 bridgehead atoms. The SMILES string of the molecule is CCC(C)C(NC(=O)C(N)Cc1ccccc1)C(=O)NC(C(=O)O)C(C)C. The second kappa shape index (κ2) is 10.7. The van der Waals surface area contributed by atoms with Crippen molar-refractivity contribution in [1.82, 2.24) is 10.6 Å². The molecule has 0 saturated heterocycles. The predicted molar refractivity (Wildman–Crippen MR) is 104 cm³/mol. The fraction of sp³-hybridized carbons (Fsp3) is 0.550. The van der Waals surface area contributed by atoms with Crippen LogP contribution >= 0.6 is 0 Å². The molecule has 4 atom stereocenters. The molecule has 1 aromatic carbocycles. The zero-order valence-corrected chi connectivity index (χ0v) is 16.4. The van der Waals surface area contributed by atoms with E-state index in [4.69, 9.17) is 5.73 Å². The van der Waals surface area contributed by atoms with E-state index in [-0.39, 0.29) is 11.8 Å². The third kappa shape index (κ3) is 7.02. The summed E-state index contributed by atoms with van der Waals surface area (Å²) in [6, 6.07) is 6.72. The number of hydrogen-bond donors (Lipinski definition) is 4. The Hall–Kier alpha value is -2.41. The molecular formula is C20H31N3O4. The van der Waals surface area contributed by atoms with Gasteiger partial charge in [0.2, 0.25) is 11.8 Å². The van der Waals surface area contributed by atoms with Crippen LogP contribution in [0.2, 0.25) is 0 Å². The van der Waals surface area contributed by atoms with E-state index in [2.05, 4.69) is 10.6 Å². The summed E-state index contributed by atoms with van der Waals surface area (Å²) in [4.78, 5) is 36.5. The lowest BCUT2D eigenvalue weighted by Crippen LogP contribution is -2.57. The highest BCUT2D eigenvalue weighted by molar-refractivity contribution is 5.92. The van der Waals surface area contributed by atoms with Gasteiger partial charge in [0, 0.05) is 0 Å². The van der Waals surface area contributed by atoms with E-state index in [1.807, 2.05) is 44.2 Å². The van der Waals surface area contributed by atoms with Crippen LogP contribution < -0.4 is 16.4 Å². The molecule has 5 N–H and O–H groups in total. The van der Waals surface area contributed by atoms with E-state index >= 15 is 0 Å². The fourth-order valence-electron chi connectivity index (χ4n) is 2.68. The number of nitrogens with one attached hydrogen (secondary N) is 2. The van der Waals surface area contributed by atoms with E-state index < -0.39 is 35.9 Å². The van der Waals surface area contributed by atoms with Crippen LogP contribution in [-0.4, -0.2) is 41.0 Å². The van der Waals surface area contributed by atoms with Crippen LogP contribution in [0.1, 0.15) is 39.7 Å². The average molecular weight is 377 g/mol. The lowest BCUT2D eigenvalue weighted by Gasteiger charge is -2.27. The summed E-state index contributed by atoms with van der Waals surface area (Å²) in [6.45, 7) is 7.16. The first-order chi connectivity index (χ1) is 12.7. The molecule has 0 aliphatic rings. The Balaban J connectivity index is 2.82. The van der Waals surface area contributed by atoms with Crippen molar-refractivity contribution < 1.29 is 19.5 Å². The normalized spacial score (nSPS) is 15.5. The van der Waals surface area contributed by atoms with Gasteiger partial charge >= 0.3 is 5.97 Å². The molecule has 150 valence electrons. The number of amides is 2. The largest absolute Gasteiger partial charge is 0.480 e. The highest BCUT2D eigenvalue weighted by Gasteiger charge is 2.32. The monoisotopic (exact) mass is 377 g/mol. The topological polar surface area (TPSA) is 122 Å². The van der Waals surface area contributed by atoms with Crippen molar-refractivity contribution >= 4 is 17.8 Å². The number of carbonyl (C=O) groups is 3. The molecule has 0 heterocycles. The Labute approximate surface area is 160 Å². The minimum absolute atomic E-state index is 0.167. The predicted octanol–water partition coefficient (Wildman–Crippen LogP) is 1.31. The van der Waals surface area contributed by atoms with Crippen LogP contribution in [0.5, 0.6) is 0 Å². The third-order valence-electron chi connectivity index (χ3n) is 4.66. The van der Waals surface area contributed by atoms with Gasteiger partial charge in [-0.2, -0.15) is 0 Å². The summed E-state index contributed by atoms with van der Waals surface area (Å²) < 4.78 is 0. The van der Waals surface area contributed by atoms with Crippen LogP contribution in [0.4, 0.5) is 0 Å². The number of carboxylic acids is 1. The number of carboxylic acid groups (broad SMARTS) is 1. The average Bonchev–Trinajstić information content (AvgIpc) is 2.63. The first-order valence-corrected chi connectivity index (χ1v) is 9.30. The molecule has 0 radical (unpaired) electrons. The Kier molecular flexibility index (Phi) is 8.94. The molecule has 2 amide bonds. The molecule has 0 aromatic heterocycles. The van der Waals surface area contributed by atoms with Gasteiger partial charge in [0.05, 0.1) is 6.04 Å². The smallest absolute Gasteiger partial charge is 0.326 e. The van der Waals surface area contributed by atoms with Crippen LogP contribution in [0.3, 0.4) is 0 Å². The third-order valence-corrected chi connectivity index (χ3v) is 4.66. The number of aliphatic carboxylic acids is 1. The summed E-state index contributed by atoms with van der Waals surface area (Å²) in [7, 11) is 0. The van der Waals surface area contributed by atoms with Crippen molar-refractivity contribution in [3.05, 3.63) is 35.9 Å². The van der Waals surface area contributed by atoms with Gasteiger partial charge in [-0.1, -0.05) is 64.4 Å². The second-order valence-electron chi connectivity index (χ2n) is 7.24. The van der Waals surface area contributed by atoms with Gasteiger partial charge < -0.3 is 21.5 Å². The molecule has 0 aliphatic carbocycles. The molecule has 0 fully saturated rings. The number of hydrogen-bond acceptors (Lipinski definition) is 4. The summed E-state index contributed by atoms with van der Waals surface area (Å²) in [6.07, 6.45) is 0.997. The summed E-state index contributed by atoms with van der Waals surface area (Å²) >= 11 is 0. The van der Waals surface area contributed by atoms with Crippen LogP contribution in [0.15, 0.2) is 30.3 Å². The lowest BCUT2D eigenvalue weighted by molar-refractivity contribution is -0.143. The highest BCUT2D eigenvalue weighted by atomic mass is 16.4. The number of rotatable bonds is 10.